The summed E-state index contributed by atoms with van der Waals surface area (Å²) in [6, 6.07) is 1.78. The minimum Gasteiger partial charge on any atom is -0.383 e. The highest BCUT2D eigenvalue weighted by Crippen LogP contribution is 2.40. The Morgan fingerprint density at radius 2 is 1.83 bits per heavy atom. The lowest BCUT2D eigenvalue weighted by molar-refractivity contribution is 0.0783. The van der Waals surface area contributed by atoms with E-state index in [1.165, 1.54) is 35.5 Å². The molecule has 1 heterocycles. The summed E-state index contributed by atoms with van der Waals surface area (Å²) in [4.78, 5) is 18.9. The van der Waals surface area contributed by atoms with Gasteiger partial charge >= 0.3 is 6.03 Å². The monoisotopic (exact) mass is 448 g/mol. The fourth-order valence-corrected chi connectivity index (χ4v) is 6.94. The predicted molar refractivity (Wildman–Crippen MR) is 120 cm³/mol. The number of fused-ring (bicyclic) bond motifs is 2. The van der Waals surface area contributed by atoms with Crippen LogP contribution in [0.2, 0.25) is 0 Å². The maximum atomic E-state index is 13.5. The molecule has 1 aromatic carbocycles. The topological polar surface area (TPSA) is 94.9 Å². The van der Waals surface area contributed by atoms with Crippen molar-refractivity contribution in [1.82, 2.24) is 9.71 Å². The minimum absolute atomic E-state index is 0.326. The van der Waals surface area contributed by atoms with Crippen LogP contribution in [0.25, 0.3) is 0 Å². The van der Waals surface area contributed by atoms with Crippen LogP contribution >= 0.6 is 11.3 Å². The van der Waals surface area contributed by atoms with Crippen LogP contribution in [-0.4, -0.2) is 34.4 Å². The molecule has 0 fully saturated rings. The number of hydrogen-bond donors (Lipinski definition) is 2. The SMILES string of the molecule is CNS(=O)(=NC(=O)N(C)c1c2c(cc3c1CCC3)CCC2)c1cnc(C(C)(C)O)s1. The molecule has 0 aliphatic heterocycles. The van der Waals surface area contributed by atoms with Crippen LogP contribution in [0.15, 0.2) is 20.8 Å². The van der Waals surface area contributed by atoms with E-state index in [2.05, 4.69) is 20.1 Å². The van der Waals surface area contributed by atoms with Gasteiger partial charge in [0.15, 0.2) is 9.92 Å². The van der Waals surface area contributed by atoms with E-state index in [0.29, 0.717) is 9.22 Å². The highest BCUT2D eigenvalue weighted by atomic mass is 32.2. The summed E-state index contributed by atoms with van der Waals surface area (Å²) in [5, 5.41) is 10.6. The number of thiazole rings is 1. The van der Waals surface area contributed by atoms with Gasteiger partial charge in [-0.15, -0.1) is 15.7 Å². The third kappa shape index (κ3) is 3.68. The first kappa shape index (κ1) is 21.4. The van der Waals surface area contributed by atoms with E-state index in [1.807, 2.05) is 0 Å². The minimum atomic E-state index is -3.20. The average Bonchev–Trinajstić information content (AvgIpc) is 3.44. The third-order valence-electron chi connectivity index (χ3n) is 5.83. The van der Waals surface area contributed by atoms with Crippen LogP contribution in [0.3, 0.4) is 0 Å². The van der Waals surface area contributed by atoms with Gasteiger partial charge in [0.2, 0.25) is 0 Å². The normalized spacial score (nSPS) is 17.4. The molecule has 1 atom stereocenters. The van der Waals surface area contributed by atoms with E-state index in [0.717, 1.165) is 55.5 Å². The summed E-state index contributed by atoms with van der Waals surface area (Å²) in [6.07, 6.45) is 7.62. The fraction of sp³-hybridized carbons (Fsp3) is 0.524. The van der Waals surface area contributed by atoms with Crippen molar-refractivity contribution in [3.8, 4) is 0 Å². The first-order chi connectivity index (χ1) is 14.1. The van der Waals surface area contributed by atoms with Gasteiger partial charge in [0.25, 0.3) is 0 Å². The molecular formula is C21H28N4O3S2. The molecule has 0 spiro atoms. The largest absolute Gasteiger partial charge is 0.383 e. The molecule has 1 unspecified atom stereocenters. The number of urea groups is 1. The Labute approximate surface area is 181 Å². The van der Waals surface area contributed by atoms with Crippen LogP contribution in [0.5, 0.6) is 0 Å². The Balaban J connectivity index is 1.74. The molecular weight excluding hydrogens is 420 g/mol. The Morgan fingerprint density at radius 1 is 1.23 bits per heavy atom. The first-order valence-electron chi connectivity index (χ1n) is 10.2. The lowest BCUT2D eigenvalue weighted by Crippen LogP contribution is -2.29. The summed E-state index contributed by atoms with van der Waals surface area (Å²) >= 11 is 1.10. The number of aliphatic hydroxyl groups is 1. The second-order valence-corrected chi connectivity index (χ2v) is 11.8. The third-order valence-corrected chi connectivity index (χ3v) is 9.48. The summed E-state index contributed by atoms with van der Waals surface area (Å²) in [7, 11) is 0.0426. The average molecular weight is 449 g/mol. The molecule has 0 radical (unpaired) electrons. The zero-order valence-corrected chi connectivity index (χ0v) is 19.5. The van der Waals surface area contributed by atoms with Gasteiger partial charge in [0, 0.05) is 7.05 Å². The summed E-state index contributed by atoms with van der Waals surface area (Å²) in [5.74, 6) is 0. The second kappa shape index (κ2) is 7.71. The van der Waals surface area contributed by atoms with Crippen LogP contribution in [-0.2, 0) is 41.2 Å². The van der Waals surface area contributed by atoms with Crippen LogP contribution in [0.1, 0.15) is 54.0 Å². The first-order valence-corrected chi connectivity index (χ1v) is 12.6. The molecule has 2 aliphatic rings. The smallest absolute Gasteiger partial charge is 0.357 e. The maximum Gasteiger partial charge on any atom is 0.357 e. The summed E-state index contributed by atoms with van der Waals surface area (Å²) < 4.78 is 20.6. The molecule has 4 rings (SSSR count). The summed E-state index contributed by atoms with van der Waals surface area (Å²) in [6.45, 7) is 3.23. The van der Waals surface area contributed by atoms with E-state index in [-0.39, 0.29) is 0 Å². The van der Waals surface area contributed by atoms with Crippen molar-refractivity contribution in [2.45, 2.75) is 62.2 Å². The number of aryl methyl sites for hydroxylation is 2. The molecule has 0 saturated heterocycles. The van der Waals surface area contributed by atoms with Crippen molar-refractivity contribution in [1.29, 1.82) is 0 Å². The molecule has 0 bridgehead atoms. The number of carbonyl (C=O) groups is 1. The van der Waals surface area contributed by atoms with E-state index < -0.39 is 21.5 Å². The molecule has 2 aromatic rings. The number of nitrogens with zero attached hydrogens (tertiary/aromatic N) is 3. The van der Waals surface area contributed by atoms with Gasteiger partial charge in [0.1, 0.15) is 14.8 Å². The van der Waals surface area contributed by atoms with Gasteiger partial charge in [0.05, 0.1) is 11.9 Å². The molecule has 2 amide bonds. The van der Waals surface area contributed by atoms with Crippen LogP contribution in [0.4, 0.5) is 10.5 Å². The molecule has 7 nitrogen and oxygen atoms in total. The lowest BCUT2D eigenvalue weighted by atomic mass is 9.98. The lowest BCUT2D eigenvalue weighted by Gasteiger charge is -2.23. The van der Waals surface area contributed by atoms with Gasteiger partial charge in [-0.1, -0.05) is 6.07 Å². The van der Waals surface area contributed by atoms with Gasteiger partial charge in [-0.3, -0.25) is 4.90 Å². The number of amides is 2. The van der Waals surface area contributed by atoms with Gasteiger partial charge in [-0.05, 0) is 81.7 Å². The Kier molecular flexibility index (Phi) is 5.50. The number of carbonyl (C=O) groups excluding carboxylic acids is 1. The maximum absolute atomic E-state index is 13.5. The van der Waals surface area contributed by atoms with Crippen molar-refractivity contribution in [3.05, 3.63) is 39.5 Å². The highest BCUT2D eigenvalue weighted by molar-refractivity contribution is 7.94. The van der Waals surface area contributed by atoms with Gasteiger partial charge in [-0.25, -0.2) is 18.7 Å². The number of benzene rings is 1. The van der Waals surface area contributed by atoms with E-state index in [9.17, 15) is 14.1 Å². The zero-order valence-electron chi connectivity index (χ0n) is 17.8. The van der Waals surface area contributed by atoms with Crippen LogP contribution in [0, 0.1) is 0 Å². The van der Waals surface area contributed by atoms with Gasteiger partial charge < -0.3 is 5.11 Å². The quantitative estimate of drug-likeness (QED) is 0.748. The standard InChI is InChI=1S/C21H28N4O3S2/c1-21(2,27)19-23-12-17(29-19)30(28,22-3)24-20(26)25(4)18-15-9-5-7-13(15)11-14-8-6-10-16(14)18/h11-12,27H,5-10H2,1-4H3,(H,22,24,26,28). The molecule has 2 N–H and O–H groups in total. The molecule has 9 heteroatoms. The number of rotatable bonds is 4. The molecule has 30 heavy (non-hydrogen) atoms. The highest BCUT2D eigenvalue weighted by Gasteiger charge is 2.29. The molecule has 1 aromatic heterocycles. The fourth-order valence-electron chi connectivity index (χ4n) is 4.32. The second-order valence-electron chi connectivity index (χ2n) is 8.41. The van der Waals surface area contributed by atoms with Crippen molar-refractivity contribution in [2.75, 3.05) is 19.0 Å². The van der Waals surface area contributed by atoms with E-state index in [4.69, 9.17) is 0 Å². The van der Waals surface area contributed by atoms with Crippen molar-refractivity contribution in [2.24, 2.45) is 4.36 Å². The Morgan fingerprint density at radius 3 is 2.33 bits per heavy atom. The molecule has 162 valence electrons. The van der Waals surface area contributed by atoms with E-state index >= 15 is 0 Å². The number of hydrogen-bond acceptors (Lipinski definition) is 5. The molecule has 2 aliphatic carbocycles. The number of nitrogens with one attached hydrogen (secondary N) is 1. The molecule has 0 saturated carbocycles. The summed E-state index contributed by atoms with van der Waals surface area (Å²) in [5.41, 5.74) is 4.95. The van der Waals surface area contributed by atoms with Crippen molar-refractivity contribution < 1.29 is 14.1 Å². The van der Waals surface area contributed by atoms with Crippen molar-refractivity contribution >= 4 is 33.0 Å². The number of aromatic nitrogens is 1. The number of anilines is 1. The Hall–Kier alpha value is -1.81. The predicted octanol–water partition coefficient (Wildman–Crippen LogP) is 3.57. The van der Waals surface area contributed by atoms with E-state index in [1.54, 1.807) is 25.8 Å². The van der Waals surface area contributed by atoms with Crippen LogP contribution < -0.4 is 9.62 Å². The zero-order chi connectivity index (χ0) is 21.7. The van der Waals surface area contributed by atoms with Crippen molar-refractivity contribution in [3.63, 3.8) is 0 Å². The van der Waals surface area contributed by atoms with Gasteiger partial charge in [-0.2, -0.15) is 0 Å². The Bertz CT molecular complexity index is 1090.